The van der Waals surface area contributed by atoms with Gasteiger partial charge in [0.05, 0.1) is 18.8 Å². The second-order valence-electron chi connectivity index (χ2n) is 11.9. The number of methoxy groups -OCH3 is 2. The molecule has 0 saturated carbocycles. The van der Waals surface area contributed by atoms with Gasteiger partial charge in [-0.3, -0.25) is 4.79 Å². The van der Waals surface area contributed by atoms with Crippen LogP contribution < -0.4 is 0 Å². The van der Waals surface area contributed by atoms with Crippen molar-refractivity contribution >= 4 is 14.3 Å². The van der Waals surface area contributed by atoms with Crippen molar-refractivity contribution in [2.24, 2.45) is 17.8 Å². The monoisotopic (exact) mass is 476 g/mol. The summed E-state index contributed by atoms with van der Waals surface area (Å²) in [5.41, 5.74) is -0.688. The van der Waals surface area contributed by atoms with E-state index in [9.17, 15) is 9.90 Å². The largest absolute Gasteiger partial charge is 0.460 e. The van der Waals surface area contributed by atoms with Gasteiger partial charge >= 0.3 is 5.97 Å². The smallest absolute Gasteiger partial charge is 0.314 e. The van der Waals surface area contributed by atoms with Crippen LogP contribution in [0.1, 0.15) is 62.3 Å². The first-order valence-electron chi connectivity index (χ1n) is 11.6. The van der Waals surface area contributed by atoms with E-state index in [1.54, 1.807) is 34.8 Å². The topological polar surface area (TPSA) is 83.5 Å². The third kappa shape index (κ3) is 6.54. The summed E-state index contributed by atoms with van der Waals surface area (Å²) in [6, 6.07) is 0. The third-order valence-corrected chi connectivity index (χ3v) is 11.4. The van der Waals surface area contributed by atoms with Crippen molar-refractivity contribution in [2.75, 3.05) is 20.8 Å². The first kappa shape index (κ1) is 29.5. The number of aliphatic hydroxyl groups is 1. The van der Waals surface area contributed by atoms with E-state index in [-0.39, 0.29) is 16.9 Å². The van der Waals surface area contributed by atoms with Crippen molar-refractivity contribution in [2.45, 2.75) is 110 Å². The molecule has 0 unspecified atom stereocenters. The Morgan fingerprint density at radius 1 is 1.12 bits per heavy atom. The Bertz CT molecular complexity index is 625. The summed E-state index contributed by atoms with van der Waals surface area (Å²) >= 11 is 0. The molecule has 0 spiro atoms. The number of rotatable bonds is 8. The SMILES string of the molecule is COC[C@H](C)[C@@H]1O[C@@](O)([C@@H](C)C(=O)OC(C)(C)C)[C@H](OC)[C@@H](O[Si](C)(C)C(C)(C)C)[C@@H]1C. The summed E-state index contributed by atoms with van der Waals surface area (Å²) < 4.78 is 29.9. The highest BCUT2D eigenvalue weighted by atomic mass is 28.4. The highest BCUT2D eigenvalue weighted by Crippen LogP contribution is 2.46. The zero-order valence-corrected chi connectivity index (χ0v) is 23.6. The molecule has 1 N–H and O–H groups in total. The summed E-state index contributed by atoms with van der Waals surface area (Å²) in [6.45, 7) is 22.4. The van der Waals surface area contributed by atoms with E-state index in [1.165, 1.54) is 7.11 Å². The van der Waals surface area contributed by atoms with Crippen molar-refractivity contribution in [3.05, 3.63) is 0 Å². The molecule has 0 radical (unpaired) electrons. The lowest BCUT2D eigenvalue weighted by molar-refractivity contribution is -0.361. The van der Waals surface area contributed by atoms with Gasteiger partial charge in [0.2, 0.25) is 5.79 Å². The fourth-order valence-corrected chi connectivity index (χ4v) is 5.35. The average Bonchev–Trinajstić information content (AvgIpc) is 2.61. The van der Waals surface area contributed by atoms with E-state index in [2.05, 4.69) is 40.8 Å². The predicted octanol–water partition coefficient (Wildman–Crippen LogP) is 4.38. The summed E-state index contributed by atoms with van der Waals surface area (Å²) in [6.07, 6.45) is -1.72. The van der Waals surface area contributed by atoms with Crippen LogP contribution in [-0.2, 0) is 28.2 Å². The van der Waals surface area contributed by atoms with Gasteiger partial charge in [0.25, 0.3) is 0 Å². The minimum Gasteiger partial charge on any atom is -0.460 e. The molecule has 1 heterocycles. The van der Waals surface area contributed by atoms with Crippen LogP contribution in [0.5, 0.6) is 0 Å². The molecule has 0 aromatic carbocycles. The first-order chi connectivity index (χ1) is 14.3. The average molecular weight is 477 g/mol. The molecular weight excluding hydrogens is 428 g/mol. The molecule has 0 bridgehead atoms. The van der Waals surface area contributed by atoms with Gasteiger partial charge in [-0.25, -0.2) is 0 Å². The highest BCUT2D eigenvalue weighted by molar-refractivity contribution is 6.74. The van der Waals surface area contributed by atoms with E-state index in [0.717, 1.165) is 0 Å². The predicted molar refractivity (Wildman–Crippen MR) is 128 cm³/mol. The second kappa shape index (κ2) is 10.4. The van der Waals surface area contributed by atoms with Crippen molar-refractivity contribution in [1.29, 1.82) is 0 Å². The van der Waals surface area contributed by atoms with Crippen LogP contribution in [0.4, 0.5) is 0 Å². The molecule has 190 valence electrons. The summed E-state index contributed by atoms with van der Waals surface area (Å²) in [4.78, 5) is 13.0. The molecule has 8 heteroatoms. The zero-order chi connectivity index (χ0) is 25.3. The Kier molecular flexibility index (Phi) is 9.59. The highest BCUT2D eigenvalue weighted by Gasteiger charge is 2.60. The quantitative estimate of drug-likeness (QED) is 0.411. The van der Waals surface area contributed by atoms with Crippen LogP contribution in [0.15, 0.2) is 0 Å². The van der Waals surface area contributed by atoms with Gasteiger partial charge in [-0.05, 0) is 45.8 Å². The minimum absolute atomic E-state index is 0.0318. The molecule has 1 rings (SSSR count). The van der Waals surface area contributed by atoms with Crippen LogP contribution in [0, 0.1) is 17.8 Å². The Morgan fingerprint density at radius 3 is 2.06 bits per heavy atom. The maximum atomic E-state index is 13.0. The van der Waals surface area contributed by atoms with Crippen LogP contribution >= 0.6 is 0 Å². The molecule has 1 fully saturated rings. The molecule has 0 aliphatic carbocycles. The van der Waals surface area contributed by atoms with Gasteiger partial charge in [0.15, 0.2) is 8.32 Å². The molecule has 0 aromatic rings. The lowest BCUT2D eigenvalue weighted by atomic mass is 9.78. The number of ether oxygens (including phenoxy) is 4. The maximum absolute atomic E-state index is 13.0. The van der Waals surface area contributed by atoms with Crippen LogP contribution in [0.25, 0.3) is 0 Å². The molecule has 7 nitrogen and oxygen atoms in total. The molecule has 1 aliphatic rings. The lowest BCUT2D eigenvalue weighted by Crippen LogP contribution is -2.69. The van der Waals surface area contributed by atoms with Crippen LogP contribution in [0.2, 0.25) is 18.1 Å². The number of carbonyl (C=O) groups excluding carboxylic acids is 1. The van der Waals surface area contributed by atoms with Crippen LogP contribution in [0.3, 0.4) is 0 Å². The molecule has 0 aromatic heterocycles. The van der Waals surface area contributed by atoms with Crippen molar-refractivity contribution < 1.29 is 33.3 Å². The van der Waals surface area contributed by atoms with E-state index in [0.29, 0.717) is 6.61 Å². The summed E-state index contributed by atoms with van der Waals surface area (Å²) in [7, 11) is 0.930. The Hall–Kier alpha value is -0.513. The number of esters is 1. The van der Waals surface area contributed by atoms with E-state index >= 15 is 0 Å². The van der Waals surface area contributed by atoms with Crippen LogP contribution in [-0.4, -0.2) is 69.9 Å². The van der Waals surface area contributed by atoms with Crippen molar-refractivity contribution in [3.8, 4) is 0 Å². The number of carbonyl (C=O) groups is 1. The lowest BCUT2D eigenvalue weighted by Gasteiger charge is -2.54. The molecule has 1 saturated heterocycles. The molecule has 0 amide bonds. The van der Waals surface area contributed by atoms with Gasteiger partial charge in [-0.15, -0.1) is 0 Å². The van der Waals surface area contributed by atoms with E-state index < -0.39 is 49.9 Å². The number of hydrogen-bond acceptors (Lipinski definition) is 7. The Labute approximate surface area is 196 Å². The standard InChI is InChI=1S/C24H48O7Si/c1-15(14-27-10)18-16(2)19(31-32(12,13)23(7,8)9)20(28-11)24(26,29-18)17(3)21(25)30-22(4,5)6/h15-20,26H,14H2,1-13H3/t15-,16+,17-,18-,19-,20+,24-/m0/s1. The molecule has 32 heavy (non-hydrogen) atoms. The molecule has 7 atom stereocenters. The normalized spacial score (nSPS) is 31.8. The summed E-state index contributed by atoms with van der Waals surface area (Å²) in [5, 5.41) is 11.9. The molecular formula is C24H48O7Si. The Morgan fingerprint density at radius 2 is 1.66 bits per heavy atom. The minimum atomic E-state index is -2.23. The molecule has 1 aliphatic heterocycles. The van der Waals surface area contributed by atoms with Gasteiger partial charge < -0.3 is 28.5 Å². The summed E-state index contributed by atoms with van der Waals surface area (Å²) in [5.74, 6) is -3.56. The Balaban J connectivity index is 3.49. The van der Waals surface area contributed by atoms with Crippen molar-refractivity contribution in [1.82, 2.24) is 0 Å². The fourth-order valence-electron chi connectivity index (χ4n) is 3.98. The van der Waals surface area contributed by atoms with Gasteiger partial charge in [-0.1, -0.05) is 34.6 Å². The van der Waals surface area contributed by atoms with Gasteiger partial charge in [-0.2, -0.15) is 0 Å². The van der Waals surface area contributed by atoms with E-state index in [1.807, 2.05) is 6.92 Å². The third-order valence-electron chi connectivity index (χ3n) is 6.93. The fraction of sp³-hybridized carbons (Fsp3) is 0.958. The van der Waals surface area contributed by atoms with Gasteiger partial charge in [0, 0.05) is 26.1 Å². The van der Waals surface area contributed by atoms with Crippen molar-refractivity contribution in [3.63, 3.8) is 0 Å². The maximum Gasteiger partial charge on any atom is 0.314 e. The zero-order valence-electron chi connectivity index (χ0n) is 22.6. The van der Waals surface area contributed by atoms with E-state index in [4.69, 9.17) is 23.4 Å². The number of hydrogen-bond donors (Lipinski definition) is 1. The van der Waals surface area contributed by atoms with Gasteiger partial charge in [0.1, 0.15) is 17.6 Å². The first-order valence-corrected chi connectivity index (χ1v) is 14.6. The second-order valence-corrected chi connectivity index (χ2v) is 16.6.